The molecule has 0 bridgehead atoms. The van der Waals surface area contributed by atoms with E-state index in [2.05, 4.69) is 4.99 Å². The Morgan fingerprint density at radius 1 is 1.39 bits per heavy atom. The lowest BCUT2D eigenvalue weighted by molar-refractivity contribution is 0.535. The van der Waals surface area contributed by atoms with Gasteiger partial charge in [0.25, 0.3) is 0 Å². The molecule has 2 rings (SSSR count). The summed E-state index contributed by atoms with van der Waals surface area (Å²) in [7, 11) is -1.04. The van der Waals surface area contributed by atoms with Crippen molar-refractivity contribution >= 4 is 20.6 Å². The van der Waals surface area contributed by atoms with Gasteiger partial charge < -0.3 is 5.11 Å². The van der Waals surface area contributed by atoms with Crippen molar-refractivity contribution in [2.45, 2.75) is 6.42 Å². The van der Waals surface area contributed by atoms with Crippen molar-refractivity contribution in [2.75, 3.05) is 0 Å². The van der Waals surface area contributed by atoms with Gasteiger partial charge in [-0.1, -0.05) is 16.6 Å². The first kappa shape index (κ1) is 12.6. The SMILES string of the molecule is N#CCC1=NC=CS1=C(O)c1c(F)cccc1F. The molecule has 0 radical (unpaired) electrons. The Morgan fingerprint density at radius 3 is 2.67 bits per heavy atom. The highest BCUT2D eigenvalue weighted by molar-refractivity contribution is 8.31. The average molecular weight is 266 g/mol. The number of rotatable bonds is 2. The standard InChI is InChI=1S/C12H8F2N2OS/c13-8-2-1-3-9(14)11(8)12(17)18-7-6-16-10(18)4-5-15/h1-3,6-7,17H,4H2. The second-order valence-electron chi connectivity index (χ2n) is 3.38. The summed E-state index contributed by atoms with van der Waals surface area (Å²) < 4.78 is 27.0. The highest BCUT2D eigenvalue weighted by Gasteiger charge is 2.18. The summed E-state index contributed by atoms with van der Waals surface area (Å²) in [5.74, 6) is -1.67. The van der Waals surface area contributed by atoms with Crippen molar-refractivity contribution < 1.29 is 13.9 Å². The molecule has 1 aliphatic rings. The molecule has 3 nitrogen and oxygen atoms in total. The molecule has 1 unspecified atom stereocenters. The molecule has 0 spiro atoms. The molecule has 0 aliphatic carbocycles. The number of aliphatic imine (C=N–C) groups is 1. The molecule has 18 heavy (non-hydrogen) atoms. The summed E-state index contributed by atoms with van der Waals surface area (Å²) in [6.07, 6.45) is 1.43. The van der Waals surface area contributed by atoms with Gasteiger partial charge in [0, 0.05) is 6.20 Å². The zero-order valence-electron chi connectivity index (χ0n) is 9.10. The third-order valence-electron chi connectivity index (χ3n) is 2.28. The fourth-order valence-electron chi connectivity index (χ4n) is 1.49. The summed E-state index contributed by atoms with van der Waals surface area (Å²) in [4.78, 5) is 3.91. The number of hydrogen-bond donors (Lipinski definition) is 1. The highest BCUT2D eigenvalue weighted by atomic mass is 32.2. The van der Waals surface area contributed by atoms with E-state index in [-0.39, 0.29) is 6.42 Å². The van der Waals surface area contributed by atoms with E-state index in [1.807, 2.05) is 6.07 Å². The first-order valence-electron chi connectivity index (χ1n) is 4.99. The lowest BCUT2D eigenvalue weighted by Crippen LogP contribution is -2.08. The number of benzene rings is 1. The molecule has 0 amide bonds. The molecule has 0 fully saturated rings. The Kier molecular flexibility index (Phi) is 3.65. The van der Waals surface area contributed by atoms with Crippen LogP contribution < -0.4 is 0 Å². The van der Waals surface area contributed by atoms with Gasteiger partial charge in [0.1, 0.15) is 16.7 Å². The van der Waals surface area contributed by atoms with Crippen LogP contribution in [0.5, 0.6) is 0 Å². The molecule has 1 aromatic carbocycles. The monoisotopic (exact) mass is 266 g/mol. The van der Waals surface area contributed by atoms with Gasteiger partial charge in [0.05, 0.1) is 23.1 Å². The number of halogens is 2. The molecule has 0 aromatic heterocycles. The van der Waals surface area contributed by atoms with E-state index >= 15 is 0 Å². The van der Waals surface area contributed by atoms with Crippen molar-refractivity contribution in [2.24, 2.45) is 4.99 Å². The van der Waals surface area contributed by atoms with E-state index in [0.29, 0.717) is 5.04 Å². The second kappa shape index (κ2) is 5.21. The largest absolute Gasteiger partial charge is 0.354 e. The summed E-state index contributed by atoms with van der Waals surface area (Å²) in [5, 5.41) is 20.1. The summed E-state index contributed by atoms with van der Waals surface area (Å²) in [5.41, 5.74) is -0.460. The summed E-state index contributed by atoms with van der Waals surface area (Å²) in [6.45, 7) is 0. The van der Waals surface area contributed by atoms with E-state index in [0.717, 1.165) is 12.1 Å². The lowest BCUT2D eigenvalue weighted by Gasteiger charge is -2.08. The van der Waals surface area contributed by atoms with Gasteiger partial charge in [-0.15, -0.1) is 0 Å². The van der Waals surface area contributed by atoms with Gasteiger partial charge in [0.15, 0.2) is 0 Å². The van der Waals surface area contributed by atoms with Crippen LogP contribution in [0.15, 0.2) is 34.8 Å². The Balaban J connectivity index is 2.55. The first-order chi connectivity index (χ1) is 8.65. The van der Waals surface area contributed by atoms with Gasteiger partial charge in [-0.25, -0.2) is 8.78 Å². The van der Waals surface area contributed by atoms with Crippen LogP contribution in [-0.4, -0.2) is 15.2 Å². The Hall–Kier alpha value is -1.84. The normalized spacial score (nSPS) is 18.4. The maximum Gasteiger partial charge on any atom is 0.136 e. The smallest absolute Gasteiger partial charge is 0.136 e. The van der Waals surface area contributed by atoms with Crippen molar-refractivity contribution in [1.29, 1.82) is 5.26 Å². The quantitative estimate of drug-likeness (QED) is 0.836. The minimum absolute atomic E-state index is 0.0102. The first-order valence-corrected chi connectivity index (χ1v) is 6.27. The van der Waals surface area contributed by atoms with Gasteiger partial charge in [-0.2, -0.15) is 5.26 Å². The third kappa shape index (κ3) is 2.23. The van der Waals surface area contributed by atoms with Crippen molar-refractivity contribution in [1.82, 2.24) is 0 Å². The van der Waals surface area contributed by atoms with Crippen LogP contribution >= 0.6 is 10.5 Å². The fraction of sp³-hybridized carbons (Fsp3) is 0.0833. The van der Waals surface area contributed by atoms with Crippen molar-refractivity contribution in [3.8, 4) is 6.07 Å². The van der Waals surface area contributed by atoms with Gasteiger partial charge in [-0.3, -0.25) is 4.99 Å². The van der Waals surface area contributed by atoms with Crippen LogP contribution in [0.2, 0.25) is 0 Å². The number of aliphatic hydroxyl groups is 1. The molecule has 1 N–H and O–H groups in total. The Labute approximate surface area is 105 Å². The predicted octanol–water partition coefficient (Wildman–Crippen LogP) is 3.07. The van der Waals surface area contributed by atoms with Crippen LogP contribution in [0.3, 0.4) is 0 Å². The Bertz CT molecular complexity index is 609. The van der Waals surface area contributed by atoms with Crippen LogP contribution in [0, 0.1) is 23.0 Å². The lowest BCUT2D eigenvalue weighted by atomic mass is 10.2. The molecule has 1 aliphatic heterocycles. The molecular weight excluding hydrogens is 258 g/mol. The van der Waals surface area contributed by atoms with E-state index in [9.17, 15) is 13.9 Å². The molecule has 92 valence electrons. The number of hydrogen-bond acceptors (Lipinski definition) is 2. The maximum absolute atomic E-state index is 13.5. The minimum Gasteiger partial charge on any atom is -0.354 e. The molecule has 1 heterocycles. The highest BCUT2D eigenvalue weighted by Crippen LogP contribution is 2.30. The number of aliphatic hydroxyl groups excluding tert-OH is 1. The van der Waals surface area contributed by atoms with Crippen LogP contribution in [-0.2, 0) is 0 Å². The molecule has 1 aromatic rings. The average Bonchev–Trinajstić information content (AvgIpc) is 2.77. The van der Waals surface area contributed by atoms with E-state index in [4.69, 9.17) is 5.26 Å². The topological polar surface area (TPSA) is 56.4 Å². The summed E-state index contributed by atoms with van der Waals surface area (Å²) in [6, 6.07) is 5.26. The van der Waals surface area contributed by atoms with E-state index in [1.165, 1.54) is 17.7 Å². The van der Waals surface area contributed by atoms with E-state index < -0.39 is 32.7 Å². The van der Waals surface area contributed by atoms with Gasteiger partial charge >= 0.3 is 0 Å². The fourth-order valence-corrected chi connectivity index (χ4v) is 2.99. The Morgan fingerprint density at radius 2 is 2.06 bits per heavy atom. The second-order valence-corrected chi connectivity index (χ2v) is 5.19. The van der Waals surface area contributed by atoms with E-state index in [1.54, 1.807) is 0 Å². The van der Waals surface area contributed by atoms with Crippen molar-refractivity contribution in [3.63, 3.8) is 0 Å². The minimum atomic E-state index is -1.04. The van der Waals surface area contributed by atoms with Crippen molar-refractivity contribution in [3.05, 3.63) is 47.0 Å². The molecular formula is C12H8F2N2OS. The predicted molar refractivity (Wildman–Crippen MR) is 67.5 cm³/mol. The molecule has 0 saturated heterocycles. The maximum atomic E-state index is 13.5. The van der Waals surface area contributed by atoms with Crippen LogP contribution in [0.1, 0.15) is 12.0 Å². The summed E-state index contributed by atoms with van der Waals surface area (Å²) >= 11 is 0. The number of nitrogens with zero attached hydrogens (tertiary/aromatic N) is 2. The third-order valence-corrected chi connectivity index (χ3v) is 4.06. The van der Waals surface area contributed by atoms with Gasteiger partial charge in [0.2, 0.25) is 0 Å². The zero-order chi connectivity index (χ0) is 13.1. The molecule has 1 atom stereocenters. The van der Waals surface area contributed by atoms with Gasteiger partial charge in [-0.05, 0) is 17.5 Å². The zero-order valence-corrected chi connectivity index (χ0v) is 9.92. The van der Waals surface area contributed by atoms with Crippen LogP contribution in [0.25, 0.3) is 0 Å². The molecule has 0 saturated carbocycles. The molecule has 6 heteroatoms. The number of nitriles is 1. The van der Waals surface area contributed by atoms with Crippen LogP contribution in [0.4, 0.5) is 8.78 Å².